The molecule has 1 aromatic carbocycles. The van der Waals surface area contributed by atoms with E-state index in [1.165, 1.54) is 0 Å². The summed E-state index contributed by atoms with van der Waals surface area (Å²) in [6, 6.07) is 6.96. The molecule has 0 saturated heterocycles. The molecule has 1 aromatic rings. The Hall–Kier alpha value is -1.46. The van der Waals surface area contributed by atoms with Gasteiger partial charge in [0, 0.05) is 6.54 Å². The summed E-state index contributed by atoms with van der Waals surface area (Å²) in [6.45, 7) is 2.76. The number of hydrogen-bond acceptors (Lipinski definition) is 1. The SMILES string of the molecule is C#CCN(CC)C(=O)c1ccccc1Cl. The van der Waals surface area contributed by atoms with Crippen LogP contribution in [0, 0.1) is 12.3 Å². The summed E-state index contributed by atoms with van der Waals surface area (Å²) in [6.07, 6.45) is 5.18. The van der Waals surface area contributed by atoms with Crippen molar-refractivity contribution in [2.24, 2.45) is 0 Å². The highest BCUT2D eigenvalue weighted by atomic mass is 35.5. The maximum atomic E-state index is 11.9. The summed E-state index contributed by atoms with van der Waals surface area (Å²) in [4.78, 5) is 13.5. The third-order valence-corrected chi connectivity index (χ3v) is 2.38. The molecule has 15 heavy (non-hydrogen) atoms. The van der Waals surface area contributed by atoms with E-state index in [-0.39, 0.29) is 5.91 Å². The Morgan fingerprint density at radius 3 is 2.73 bits per heavy atom. The van der Waals surface area contributed by atoms with Crippen molar-refractivity contribution in [3.05, 3.63) is 34.9 Å². The zero-order chi connectivity index (χ0) is 11.3. The van der Waals surface area contributed by atoms with E-state index in [0.29, 0.717) is 23.7 Å². The summed E-state index contributed by atoms with van der Waals surface area (Å²) in [5, 5.41) is 0.456. The van der Waals surface area contributed by atoms with Gasteiger partial charge in [-0.1, -0.05) is 29.7 Å². The van der Waals surface area contributed by atoms with E-state index in [4.69, 9.17) is 18.0 Å². The normalized spacial score (nSPS) is 9.40. The maximum Gasteiger partial charge on any atom is 0.256 e. The molecular formula is C12H12ClNO. The minimum Gasteiger partial charge on any atom is -0.328 e. The minimum atomic E-state index is -0.124. The standard InChI is InChI=1S/C12H12ClNO/c1-3-9-14(4-2)12(15)10-7-5-6-8-11(10)13/h1,5-8H,4,9H2,2H3. The van der Waals surface area contributed by atoms with Gasteiger partial charge >= 0.3 is 0 Å². The van der Waals surface area contributed by atoms with Gasteiger partial charge in [-0.2, -0.15) is 0 Å². The summed E-state index contributed by atoms with van der Waals surface area (Å²) in [5.74, 6) is 2.33. The second-order valence-electron chi connectivity index (χ2n) is 3.00. The van der Waals surface area contributed by atoms with Crippen LogP contribution < -0.4 is 0 Å². The van der Waals surface area contributed by atoms with Gasteiger partial charge in [0.2, 0.25) is 0 Å². The lowest BCUT2D eigenvalue weighted by Crippen LogP contribution is -2.31. The Balaban J connectivity index is 2.94. The fourth-order valence-corrected chi connectivity index (χ4v) is 1.46. The molecule has 0 saturated carbocycles. The Labute approximate surface area is 94.8 Å². The molecule has 0 aromatic heterocycles. The average molecular weight is 222 g/mol. The Morgan fingerprint density at radius 1 is 1.53 bits per heavy atom. The smallest absolute Gasteiger partial charge is 0.256 e. The van der Waals surface area contributed by atoms with Crippen LogP contribution in [0.1, 0.15) is 17.3 Å². The van der Waals surface area contributed by atoms with E-state index >= 15 is 0 Å². The predicted octanol–water partition coefficient (Wildman–Crippen LogP) is 2.44. The van der Waals surface area contributed by atoms with E-state index in [2.05, 4.69) is 5.92 Å². The lowest BCUT2D eigenvalue weighted by atomic mass is 10.2. The average Bonchev–Trinajstić information content (AvgIpc) is 2.25. The predicted molar refractivity (Wildman–Crippen MR) is 61.9 cm³/mol. The third kappa shape index (κ3) is 2.74. The van der Waals surface area contributed by atoms with E-state index in [1.807, 2.05) is 6.92 Å². The van der Waals surface area contributed by atoms with Crippen molar-refractivity contribution in [1.82, 2.24) is 4.90 Å². The molecule has 2 nitrogen and oxygen atoms in total. The van der Waals surface area contributed by atoms with Crippen LogP contribution in [0.5, 0.6) is 0 Å². The molecule has 1 rings (SSSR count). The zero-order valence-corrected chi connectivity index (χ0v) is 9.29. The molecule has 0 N–H and O–H groups in total. The van der Waals surface area contributed by atoms with E-state index < -0.39 is 0 Å². The van der Waals surface area contributed by atoms with Gasteiger partial charge in [-0.15, -0.1) is 6.42 Å². The van der Waals surface area contributed by atoms with Crippen molar-refractivity contribution >= 4 is 17.5 Å². The van der Waals surface area contributed by atoms with Crippen LogP contribution in [-0.4, -0.2) is 23.9 Å². The molecule has 0 unspecified atom stereocenters. The lowest BCUT2D eigenvalue weighted by molar-refractivity contribution is 0.0785. The van der Waals surface area contributed by atoms with E-state index in [0.717, 1.165) is 0 Å². The van der Waals surface area contributed by atoms with Crippen LogP contribution in [0.3, 0.4) is 0 Å². The maximum absolute atomic E-state index is 11.9. The molecule has 3 heteroatoms. The van der Waals surface area contributed by atoms with Gasteiger partial charge in [-0.05, 0) is 19.1 Å². The molecule has 0 atom stereocenters. The Morgan fingerprint density at radius 2 is 2.20 bits per heavy atom. The second kappa shape index (κ2) is 5.43. The molecule has 0 fully saturated rings. The number of amides is 1. The number of hydrogen-bond donors (Lipinski definition) is 0. The fraction of sp³-hybridized carbons (Fsp3) is 0.250. The number of nitrogens with zero attached hydrogens (tertiary/aromatic N) is 1. The van der Waals surface area contributed by atoms with Gasteiger partial charge in [0.05, 0.1) is 17.1 Å². The highest BCUT2D eigenvalue weighted by molar-refractivity contribution is 6.33. The largest absolute Gasteiger partial charge is 0.328 e. The van der Waals surface area contributed by atoms with Crippen LogP contribution in [0.25, 0.3) is 0 Å². The molecule has 1 amide bonds. The first-order chi connectivity index (χ1) is 7.20. The van der Waals surface area contributed by atoms with Gasteiger partial charge in [-0.25, -0.2) is 0 Å². The van der Waals surface area contributed by atoms with Crippen molar-refractivity contribution in [2.45, 2.75) is 6.92 Å². The van der Waals surface area contributed by atoms with Gasteiger partial charge in [0.15, 0.2) is 0 Å². The van der Waals surface area contributed by atoms with Gasteiger partial charge < -0.3 is 4.90 Å². The molecule has 0 bridgehead atoms. The van der Waals surface area contributed by atoms with Crippen LogP contribution in [0.15, 0.2) is 24.3 Å². The highest BCUT2D eigenvalue weighted by Crippen LogP contribution is 2.16. The molecule has 0 aliphatic carbocycles. The number of carbonyl (C=O) groups excluding carboxylic acids is 1. The topological polar surface area (TPSA) is 20.3 Å². The molecular weight excluding hydrogens is 210 g/mol. The molecule has 0 aliphatic rings. The fourth-order valence-electron chi connectivity index (χ4n) is 1.24. The second-order valence-corrected chi connectivity index (χ2v) is 3.41. The highest BCUT2D eigenvalue weighted by Gasteiger charge is 2.15. The minimum absolute atomic E-state index is 0.124. The first-order valence-corrected chi connectivity index (χ1v) is 5.05. The lowest BCUT2D eigenvalue weighted by Gasteiger charge is -2.18. The summed E-state index contributed by atoms with van der Waals surface area (Å²) < 4.78 is 0. The number of benzene rings is 1. The quantitative estimate of drug-likeness (QED) is 0.718. The van der Waals surface area contributed by atoms with Crippen molar-refractivity contribution < 1.29 is 4.79 Å². The molecule has 0 spiro atoms. The third-order valence-electron chi connectivity index (χ3n) is 2.06. The first kappa shape index (κ1) is 11.6. The first-order valence-electron chi connectivity index (χ1n) is 4.68. The van der Waals surface area contributed by atoms with Gasteiger partial charge in [0.25, 0.3) is 5.91 Å². The van der Waals surface area contributed by atoms with Crippen molar-refractivity contribution in [3.63, 3.8) is 0 Å². The zero-order valence-electron chi connectivity index (χ0n) is 8.53. The number of carbonyl (C=O) groups is 1. The van der Waals surface area contributed by atoms with E-state index in [9.17, 15) is 4.79 Å². The molecule has 0 radical (unpaired) electrons. The van der Waals surface area contributed by atoms with Crippen LogP contribution in [-0.2, 0) is 0 Å². The Kier molecular flexibility index (Phi) is 4.20. The van der Waals surface area contributed by atoms with Crippen molar-refractivity contribution in [2.75, 3.05) is 13.1 Å². The summed E-state index contributed by atoms with van der Waals surface area (Å²) >= 11 is 5.92. The summed E-state index contributed by atoms with van der Waals surface area (Å²) in [7, 11) is 0. The Bertz CT molecular complexity index is 395. The molecule has 0 aliphatic heterocycles. The summed E-state index contributed by atoms with van der Waals surface area (Å²) in [5.41, 5.74) is 0.497. The monoisotopic (exact) mass is 221 g/mol. The van der Waals surface area contributed by atoms with Crippen molar-refractivity contribution in [3.8, 4) is 12.3 Å². The number of terminal acetylenes is 1. The van der Waals surface area contributed by atoms with Gasteiger partial charge in [-0.3, -0.25) is 4.79 Å². The van der Waals surface area contributed by atoms with Crippen LogP contribution >= 0.6 is 11.6 Å². The van der Waals surface area contributed by atoms with Crippen LogP contribution in [0.2, 0.25) is 5.02 Å². The van der Waals surface area contributed by atoms with E-state index in [1.54, 1.807) is 29.2 Å². The number of halogens is 1. The van der Waals surface area contributed by atoms with Crippen LogP contribution in [0.4, 0.5) is 0 Å². The molecule has 78 valence electrons. The molecule has 0 heterocycles. The van der Waals surface area contributed by atoms with Crippen molar-refractivity contribution in [1.29, 1.82) is 0 Å². The number of rotatable bonds is 3. The van der Waals surface area contributed by atoms with Gasteiger partial charge in [0.1, 0.15) is 0 Å².